The van der Waals surface area contributed by atoms with Gasteiger partial charge in [0.25, 0.3) is 5.91 Å². The molecule has 0 aliphatic rings. The number of hydrogen-bond donors (Lipinski definition) is 1. The summed E-state index contributed by atoms with van der Waals surface area (Å²) >= 11 is 0. The van der Waals surface area contributed by atoms with E-state index in [0.29, 0.717) is 23.0 Å². The molecule has 6 nitrogen and oxygen atoms in total. The average Bonchev–Trinajstić information content (AvgIpc) is 2.66. The Morgan fingerprint density at radius 2 is 1.57 bits per heavy atom. The van der Waals surface area contributed by atoms with Gasteiger partial charge in [-0.2, -0.15) is 0 Å². The standard InChI is InChI=1S/C22H29NO5/c1-14(2)28-19-10-8-17(12-21(19)26-6)16(4)23-22(24)13-27-18-9-7-15(3)11-20(18)25-5/h7-12,14,16H,13H2,1-6H3,(H,23,24). The number of nitrogens with one attached hydrogen (secondary N) is 1. The molecule has 0 aromatic heterocycles. The second kappa shape index (κ2) is 9.88. The van der Waals surface area contributed by atoms with Crippen LogP contribution in [0.2, 0.25) is 0 Å². The zero-order chi connectivity index (χ0) is 20.7. The first-order valence-corrected chi connectivity index (χ1v) is 9.25. The van der Waals surface area contributed by atoms with Crippen LogP contribution in [0.15, 0.2) is 36.4 Å². The predicted molar refractivity (Wildman–Crippen MR) is 109 cm³/mol. The summed E-state index contributed by atoms with van der Waals surface area (Å²) in [5.74, 6) is 2.22. The van der Waals surface area contributed by atoms with Crippen LogP contribution in [0.1, 0.15) is 37.9 Å². The number of benzene rings is 2. The van der Waals surface area contributed by atoms with E-state index in [-0.39, 0.29) is 24.7 Å². The van der Waals surface area contributed by atoms with E-state index in [0.717, 1.165) is 11.1 Å². The number of methoxy groups -OCH3 is 2. The van der Waals surface area contributed by atoms with Crippen LogP contribution >= 0.6 is 0 Å². The van der Waals surface area contributed by atoms with Gasteiger partial charge in [-0.05, 0) is 63.1 Å². The topological polar surface area (TPSA) is 66.0 Å². The lowest BCUT2D eigenvalue weighted by Crippen LogP contribution is -2.31. The Morgan fingerprint density at radius 3 is 2.21 bits per heavy atom. The fourth-order valence-corrected chi connectivity index (χ4v) is 2.71. The Morgan fingerprint density at radius 1 is 0.929 bits per heavy atom. The van der Waals surface area contributed by atoms with Crippen molar-refractivity contribution in [1.82, 2.24) is 5.32 Å². The van der Waals surface area contributed by atoms with E-state index in [1.54, 1.807) is 20.3 Å². The largest absolute Gasteiger partial charge is 0.493 e. The van der Waals surface area contributed by atoms with Gasteiger partial charge in [-0.15, -0.1) is 0 Å². The Bertz CT molecular complexity index is 804. The third-order valence-corrected chi connectivity index (χ3v) is 4.11. The summed E-state index contributed by atoms with van der Waals surface area (Å²) in [7, 11) is 3.17. The number of ether oxygens (including phenoxy) is 4. The molecule has 0 fully saturated rings. The molecule has 1 atom stereocenters. The number of hydrogen-bond acceptors (Lipinski definition) is 5. The molecular weight excluding hydrogens is 358 g/mol. The molecule has 1 N–H and O–H groups in total. The third-order valence-electron chi connectivity index (χ3n) is 4.11. The van der Waals surface area contributed by atoms with Crippen molar-refractivity contribution in [2.75, 3.05) is 20.8 Å². The van der Waals surface area contributed by atoms with Crippen LogP contribution in [-0.2, 0) is 4.79 Å². The van der Waals surface area contributed by atoms with Gasteiger partial charge in [-0.3, -0.25) is 4.79 Å². The molecule has 2 aromatic carbocycles. The Kier molecular flexibility index (Phi) is 7.55. The fourth-order valence-electron chi connectivity index (χ4n) is 2.71. The molecule has 6 heteroatoms. The lowest BCUT2D eigenvalue weighted by atomic mass is 10.1. The minimum atomic E-state index is -0.225. The number of carbonyl (C=O) groups excluding carboxylic acids is 1. The van der Waals surface area contributed by atoms with Gasteiger partial charge in [0.15, 0.2) is 29.6 Å². The van der Waals surface area contributed by atoms with Gasteiger partial charge in [0.1, 0.15) is 0 Å². The fraction of sp³-hybridized carbons (Fsp3) is 0.409. The summed E-state index contributed by atoms with van der Waals surface area (Å²) in [6.07, 6.45) is 0.0489. The summed E-state index contributed by atoms with van der Waals surface area (Å²) in [6, 6.07) is 11.0. The molecule has 0 aliphatic heterocycles. The maximum absolute atomic E-state index is 12.3. The molecular formula is C22H29NO5. The molecule has 1 unspecified atom stereocenters. The van der Waals surface area contributed by atoms with Crippen LogP contribution in [-0.4, -0.2) is 32.8 Å². The summed E-state index contributed by atoms with van der Waals surface area (Å²) in [5.41, 5.74) is 1.97. The summed E-state index contributed by atoms with van der Waals surface area (Å²) < 4.78 is 22.0. The van der Waals surface area contributed by atoms with E-state index in [2.05, 4.69) is 5.32 Å². The highest BCUT2D eigenvalue weighted by molar-refractivity contribution is 5.78. The quantitative estimate of drug-likeness (QED) is 0.703. The second-order valence-electron chi connectivity index (χ2n) is 6.81. The van der Waals surface area contributed by atoms with Crippen LogP contribution in [0.5, 0.6) is 23.0 Å². The Hall–Kier alpha value is -2.89. The minimum Gasteiger partial charge on any atom is -0.493 e. The van der Waals surface area contributed by atoms with Crippen molar-refractivity contribution < 1.29 is 23.7 Å². The maximum atomic E-state index is 12.3. The van der Waals surface area contributed by atoms with Gasteiger partial charge in [-0.1, -0.05) is 12.1 Å². The van der Waals surface area contributed by atoms with Crippen LogP contribution in [0.3, 0.4) is 0 Å². The van der Waals surface area contributed by atoms with E-state index in [1.807, 2.05) is 58.0 Å². The zero-order valence-electron chi connectivity index (χ0n) is 17.4. The lowest BCUT2D eigenvalue weighted by Gasteiger charge is -2.18. The van der Waals surface area contributed by atoms with Gasteiger partial charge in [0.05, 0.1) is 26.4 Å². The second-order valence-corrected chi connectivity index (χ2v) is 6.81. The molecule has 0 heterocycles. The molecule has 28 heavy (non-hydrogen) atoms. The molecule has 2 rings (SSSR count). The number of rotatable bonds is 9. The first-order chi connectivity index (χ1) is 13.3. The highest BCUT2D eigenvalue weighted by atomic mass is 16.5. The van der Waals surface area contributed by atoms with Crippen molar-refractivity contribution in [2.45, 2.75) is 39.8 Å². The molecule has 0 bridgehead atoms. The molecule has 152 valence electrons. The monoisotopic (exact) mass is 387 g/mol. The highest BCUT2D eigenvalue weighted by Gasteiger charge is 2.15. The maximum Gasteiger partial charge on any atom is 0.258 e. The van der Waals surface area contributed by atoms with E-state index in [1.165, 1.54) is 0 Å². The molecule has 0 aliphatic carbocycles. The smallest absolute Gasteiger partial charge is 0.258 e. The molecule has 0 saturated heterocycles. The van der Waals surface area contributed by atoms with Gasteiger partial charge in [0, 0.05) is 0 Å². The van der Waals surface area contributed by atoms with Crippen molar-refractivity contribution in [3.8, 4) is 23.0 Å². The SMILES string of the molecule is COc1cc(C)ccc1OCC(=O)NC(C)c1ccc(OC(C)C)c(OC)c1. The zero-order valence-corrected chi connectivity index (χ0v) is 17.4. The summed E-state index contributed by atoms with van der Waals surface area (Å²) in [4.78, 5) is 12.3. The normalized spacial score (nSPS) is 11.7. The number of amides is 1. The van der Waals surface area contributed by atoms with Crippen molar-refractivity contribution in [3.63, 3.8) is 0 Å². The molecule has 0 spiro atoms. The number of carbonyl (C=O) groups is 1. The third kappa shape index (κ3) is 5.81. The minimum absolute atomic E-state index is 0.0489. The Labute approximate surface area is 166 Å². The van der Waals surface area contributed by atoms with Crippen LogP contribution in [0.4, 0.5) is 0 Å². The molecule has 0 saturated carbocycles. The van der Waals surface area contributed by atoms with Crippen molar-refractivity contribution in [3.05, 3.63) is 47.5 Å². The molecule has 2 aromatic rings. The lowest BCUT2D eigenvalue weighted by molar-refractivity contribution is -0.123. The van der Waals surface area contributed by atoms with Crippen LogP contribution in [0.25, 0.3) is 0 Å². The van der Waals surface area contributed by atoms with Crippen molar-refractivity contribution in [1.29, 1.82) is 0 Å². The van der Waals surface area contributed by atoms with E-state index in [9.17, 15) is 4.79 Å². The van der Waals surface area contributed by atoms with E-state index in [4.69, 9.17) is 18.9 Å². The number of aryl methyl sites for hydroxylation is 1. The summed E-state index contributed by atoms with van der Waals surface area (Å²) in [6.45, 7) is 7.68. The summed E-state index contributed by atoms with van der Waals surface area (Å²) in [5, 5.41) is 2.93. The first kappa shape index (κ1) is 21.4. The average molecular weight is 387 g/mol. The molecule has 0 radical (unpaired) electrons. The van der Waals surface area contributed by atoms with Gasteiger partial charge in [0.2, 0.25) is 0 Å². The van der Waals surface area contributed by atoms with E-state index >= 15 is 0 Å². The van der Waals surface area contributed by atoms with Crippen LogP contribution < -0.4 is 24.3 Å². The van der Waals surface area contributed by atoms with Crippen molar-refractivity contribution >= 4 is 5.91 Å². The van der Waals surface area contributed by atoms with Crippen molar-refractivity contribution in [2.24, 2.45) is 0 Å². The van der Waals surface area contributed by atoms with Gasteiger partial charge < -0.3 is 24.3 Å². The first-order valence-electron chi connectivity index (χ1n) is 9.25. The Balaban J connectivity index is 1.98. The van der Waals surface area contributed by atoms with Gasteiger partial charge >= 0.3 is 0 Å². The van der Waals surface area contributed by atoms with Gasteiger partial charge in [-0.25, -0.2) is 0 Å². The highest BCUT2D eigenvalue weighted by Crippen LogP contribution is 2.31. The van der Waals surface area contributed by atoms with E-state index < -0.39 is 0 Å². The van der Waals surface area contributed by atoms with Crippen LogP contribution in [0, 0.1) is 6.92 Å². The molecule has 1 amide bonds. The predicted octanol–water partition coefficient (Wildman–Crippen LogP) is 4.06.